The number of imidazole rings is 1. The van der Waals surface area contributed by atoms with Gasteiger partial charge in [0.2, 0.25) is 0 Å². The van der Waals surface area contributed by atoms with E-state index in [1.807, 2.05) is 6.92 Å². The quantitative estimate of drug-likeness (QED) is 0.552. The van der Waals surface area contributed by atoms with Gasteiger partial charge in [0.15, 0.2) is 0 Å². The van der Waals surface area contributed by atoms with Gasteiger partial charge < -0.3 is 4.74 Å². The highest BCUT2D eigenvalue weighted by atomic mass is 35.5. The summed E-state index contributed by atoms with van der Waals surface area (Å²) in [7, 11) is 0. The molecule has 0 aliphatic heterocycles. The first-order valence-corrected chi connectivity index (χ1v) is 8.95. The maximum absolute atomic E-state index is 13.1. The van der Waals surface area contributed by atoms with Gasteiger partial charge in [0.25, 0.3) is 0 Å². The zero-order valence-electron chi connectivity index (χ0n) is 15.3. The van der Waals surface area contributed by atoms with E-state index < -0.39 is 16.8 Å². The van der Waals surface area contributed by atoms with E-state index >= 15 is 0 Å². The number of carbonyl (C=O) groups excluding carboxylic acids is 1. The maximum Gasteiger partial charge on any atom is 0.417 e. The van der Waals surface area contributed by atoms with Crippen molar-refractivity contribution in [2.45, 2.75) is 33.4 Å². The number of halogens is 4. The second-order valence-corrected chi connectivity index (χ2v) is 6.87. The van der Waals surface area contributed by atoms with Gasteiger partial charge in [0.05, 0.1) is 33.7 Å². The highest BCUT2D eigenvalue weighted by Gasteiger charge is 2.34. The summed E-state index contributed by atoms with van der Waals surface area (Å²) in [5.41, 5.74) is -0.349. The van der Waals surface area contributed by atoms with Gasteiger partial charge in [0, 0.05) is 6.42 Å². The van der Waals surface area contributed by atoms with Crippen molar-refractivity contribution in [2.24, 2.45) is 5.92 Å². The van der Waals surface area contributed by atoms with Crippen molar-refractivity contribution >= 4 is 28.6 Å². The van der Waals surface area contributed by atoms with Crippen LogP contribution in [0, 0.1) is 5.92 Å². The molecule has 0 atom stereocenters. The molecular weight excluding hydrogens is 395 g/mol. The molecule has 3 rings (SSSR count). The Morgan fingerprint density at radius 1 is 1.29 bits per heavy atom. The summed E-state index contributed by atoms with van der Waals surface area (Å²) in [5.74, 6) is 0.573. The molecule has 0 amide bonds. The number of pyridine rings is 1. The van der Waals surface area contributed by atoms with Gasteiger partial charge in [-0.1, -0.05) is 32.4 Å². The van der Waals surface area contributed by atoms with Gasteiger partial charge in [-0.25, -0.2) is 9.97 Å². The van der Waals surface area contributed by atoms with Crippen LogP contribution in [0.3, 0.4) is 0 Å². The first kappa shape index (κ1) is 20.1. The van der Waals surface area contributed by atoms with Crippen LogP contribution in [0.2, 0.25) is 5.02 Å². The lowest BCUT2D eigenvalue weighted by atomic mass is 10.2. The number of hydrogen-bond acceptors (Lipinski definition) is 4. The third-order valence-corrected chi connectivity index (χ3v) is 4.39. The molecule has 0 saturated heterocycles. The molecule has 28 heavy (non-hydrogen) atoms. The van der Waals surface area contributed by atoms with Crippen LogP contribution in [-0.4, -0.2) is 20.5 Å². The molecule has 0 saturated carbocycles. The molecule has 5 nitrogen and oxygen atoms in total. The van der Waals surface area contributed by atoms with E-state index in [1.165, 1.54) is 12.3 Å². The molecule has 0 aliphatic carbocycles. The molecule has 1 aromatic carbocycles. The highest BCUT2D eigenvalue weighted by molar-refractivity contribution is 6.32. The van der Waals surface area contributed by atoms with Crippen LogP contribution in [0.4, 0.5) is 13.2 Å². The Kier molecular flexibility index (Phi) is 5.34. The van der Waals surface area contributed by atoms with Crippen molar-refractivity contribution in [2.75, 3.05) is 0 Å². The number of esters is 1. The van der Waals surface area contributed by atoms with Crippen molar-refractivity contribution in [1.29, 1.82) is 0 Å². The fourth-order valence-corrected chi connectivity index (χ4v) is 2.92. The standard InChI is InChI=1S/C19H17ClF3N3O2/c1-4-16-25-14-7-12(19(21,22)23)13(20)8-15(14)26(16)17-6-5-11(9-24-17)28-18(27)10(2)3/h5-10H,4H2,1-3H3. The largest absolute Gasteiger partial charge is 0.425 e. The Bertz CT molecular complexity index is 1030. The van der Waals surface area contributed by atoms with E-state index in [9.17, 15) is 18.0 Å². The summed E-state index contributed by atoms with van der Waals surface area (Å²) in [5, 5.41) is -0.411. The van der Waals surface area contributed by atoms with Crippen molar-refractivity contribution in [1.82, 2.24) is 14.5 Å². The number of nitrogens with zero attached hydrogens (tertiary/aromatic N) is 3. The average molecular weight is 412 g/mol. The normalized spacial score (nSPS) is 12.0. The van der Waals surface area contributed by atoms with Gasteiger partial charge in [-0.15, -0.1) is 0 Å². The summed E-state index contributed by atoms with van der Waals surface area (Å²) < 4.78 is 46.2. The summed E-state index contributed by atoms with van der Waals surface area (Å²) in [6, 6.07) is 5.35. The minimum absolute atomic E-state index is 0.172. The molecule has 0 fully saturated rings. The summed E-state index contributed by atoms with van der Waals surface area (Å²) in [4.78, 5) is 20.2. The minimum atomic E-state index is -4.57. The molecular formula is C19H17ClF3N3O2. The molecule has 0 radical (unpaired) electrons. The molecule has 2 heterocycles. The number of ether oxygens (including phenoxy) is 1. The van der Waals surface area contributed by atoms with Gasteiger partial charge >= 0.3 is 12.1 Å². The highest BCUT2D eigenvalue weighted by Crippen LogP contribution is 2.37. The molecule has 0 aliphatic rings. The number of fused-ring (bicyclic) bond motifs is 1. The van der Waals surface area contributed by atoms with E-state index in [1.54, 1.807) is 30.5 Å². The molecule has 0 bridgehead atoms. The fourth-order valence-electron chi connectivity index (χ4n) is 2.66. The van der Waals surface area contributed by atoms with E-state index in [0.717, 1.165) is 6.07 Å². The lowest BCUT2D eigenvalue weighted by Crippen LogP contribution is -2.15. The maximum atomic E-state index is 13.1. The van der Waals surface area contributed by atoms with Crippen LogP contribution in [-0.2, 0) is 17.4 Å². The summed E-state index contributed by atoms with van der Waals surface area (Å²) >= 11 is 5.87. The second-order valence-electron chi connectivity index (χ2n) is 6.46. The lowest BCUT2D eigenvalue weighted by Gasteiger charge is -2.11. The van der Waals surface area contributed by atoms with Crippen molar-refractivity contribution in [3.63, 3.8) is 0 Å². The van der Waals surface area contributed by atoms with Crippen LogP contribution in [0.15, 0.2) is 30.5 Å². The zero-order chi connectivity index (χ0) is 20.6. The molecule has 2 aromatic heterocycles. The SMILES string of the molecule is CCc1nc2cc(C(F)(F)F)c(Cl)cc2n1-c1ccc(OC(=O)C(C)C)cn1. The Hall–Kier alpha value is -2.61. The Morgan fingerprint density at radius 2 is 2.00 bits per heavy atom. The van der Waals surface area contributed by atoms with Crippen LogP contribution < -0.4 is 4.74 Å². The Morgan fingerprint density at radius 3 is 2.54 bits per heavy atom. The third kappa shape index (κ3) is 3.82. The number of benzene rings is 1. The van der Waals surface area contributed by atoms with E-state index in [-0.39, 0.29) is 23.2 Å². The fraction of sp³-hybridized carbons (Fsp3) is 0.316. The Balaban J connectivity index is 2.07. The van der Waals surface area contributed by atoms with Gasteiger partial charge in [-0.3, -0.25) is 9.36 Å². The van der Waals surface area contributed by atoms with Crippen LogP contribution in [0.25, 0.3) is 16.9 Å². The molecule has 0 spiro atoms. The zero-order valence-corrected chi connectivity index (χ0v) is 16.1. The predicted molar refractivity (Wildman–Crippen MR) is 98.7 cm³/mol. The molecule has 9 heteroatoms. The number of alkyl halides is 3. The predicted octanol–water partition coefficient (Wildman–Crippen LogP) is 5.22. The molecule has 3 aromatic rings. The topological polar surface area (TPSA) is 57.0 Å². The monoisotopic (exact) mass is 411 g/mol. The van der Waals surface area contributed by atoms with Gasteiger partial charge in [0.1, 0.15) is 17.4 Å². The van der Waals surface area contributed by atoms with Crippen LogP contribution in [0.5, 0.6) is 5.75 Å². The number of rotatable bonds is 4. The van der Waals surface area contributed by atoms with Gasteiger partial charge in [-0.2, -0.15) is 13.2 Å². The third-order valence-electron chi connectivity index (χ3n) is 4.07. The van der Waals surface area contributed by atoms with Gasteiger partial charge in [-0.05, 0) is 24.3 Å². The van der Waals surface area contributed by atoms with Crippen molar-refractivity contribution < 1.29 is 22.7 Å². The number of aromatic nitrogens is 3. The Labute approximate surface area is 164 Å². The van der Waals surface area contributed by atoms with E-state index in [4.69, 9.17) is 16.3 Å². The first-order chi connectivity index (χ1) is 13.1. The van der Waals surface area contributed by atoms with E-state index in [0.29, 0.717) is 23.6 Å². The van der Waals surface area contributed by atoms with Crippen LogP contribution >= 0.6 is 11.6 Å². The second kappa shape index (κ2) is 7.43. The molecule has 0 unspecified atom stereocenters. The van der Waals surface area contributed by atoms with Crippen molar-refractivity contribution in [3.05, 3.63) is 46.9 Å². The summed E-state index contributed by atoms with van der Waals surface area (Å²) in [6.45, 7) is 5.27. The van der Waals surface area contributed by atoms with Crippen LogP contribution in [0.1, 0.15) is 32.2 Å². The minimum Gasteiger partial charge on any atom is -0.425 e. The first-order valence-electron chi connectivity index (χ1n) is 8.58. The smallest absolute Gasteiger partial charge is 0.417 e. The number of carbonyl (C=O) groups is 1. The summed E-state index contributed by atoms with van der Waals surface area (Å²) in [6.07, 6.45) is -2.71. The number of aryl methyl sites for hydroxylation is 1. The average Bonchev–Trinajstić information content (AvgIpc) is 2.98. The molecule has 0 N–H and O–H groups in total. The number of hydrogen-bond donors (Lipinski definition) is 0. The van der Waals surface area contributed by atoms with Crippen molar-refractivity contribution in [3.8, 4) is 11.6 Å². The molecule has 148 valence electrons. The lowest BCUT2D eigenvalue weighted by molar-refractivity contribution is -0.138. The van der Waals surface area contributed by atoms with E-state index in [2.05, 4.69) is 9.97 Å².